The predicted octanol–water partition coefficient (Wildman–Crippen LogP) is 0.914. The molecule has 0 radical (unpaired) electrons. The van der Waals surface area contributed by atoms with Crippen LogP contribution in [0.5, 0.6) is 0 Å². The normalized spacial score (nSPS) is 29.4. The van der Waals surface area contributed by atoms with E-state index in [9.17, 15) is 0 Å². The molecule has 14 heavy (non-hydrogen) atoms. The summed E-state index contributed by atoms with van der Waals surface area (Å²) in [6, 6.07) is 8.62. The van der Waals surface area contributed by atoms with Crippen LogP contribution in [0, 0.1) is 11.8 Å². The Balaban J connectivity index is 2.14. The van der Waals surface area contributed by atoms with E-state index in [0.29, 0.717) is 11.8 Å². The lowest BCUT2D eigenvalue weighted by Gasteiger charge is -2.29. The highest BCUT2D eigenvalue weighted by Crippen LogP contribution is 2.25. The number of benzene rings is 1. The summed E-state index contributed by atoms with van der Waals surface area (Å²) in [5.41, 5.74) is 0. The Labute approximate surface area is 83.7 Å². The largest absolute Gasteiger partial charge is 0.381 e. The number of hydrogen-bond donors (Lipinski definition) is 0. The average Bonchev–Trinajstić information content (AvgIpc) is 2.26. The van der Waals surface area contributed by atoms with Crippen LogP contribution >= 0.6 is 0 Å². The van der Waals surface area contributed by atoms with Crippen molar-refractivity contribution in [3.8, 4) is 0 Å². The highest BCUT2D eigenvalue weighted by molar-refractivity contribution is 5.43. The van der Waals surface area contributed by atoms with Crippen LogP contribution in [0.15, 0.2) is 24.3 Å². The fourth-order valence-corrected chi connectivity index (χ4v) is 2.43. The molecule has 0 aromatic heterocycles. The third kappa shape index (κ3) is 1.28. The molecule has 2 atom stereocenters. The molecule has 0 N–H and O–H groups in total. The lowest BCUT2D eigenvalue weighted by atomic mass is 9.84. The Kier molecular flexibility index (Phi) is 1.91. The van der Waals surface area contributed by atoms with Crippen LogP contribution in [0.25, 0.3) is 12.2 Å². The van der Waals surface area contributed by atoms with Crippen LogP contribution in [-0.2, 0) is 4.74 Å². The quantitative estimate of drug-likeness (QED) is 0.585. The first kappa shape index (κ1) is 8.25. The van der Waals surface area contributed by atoms with Crippen molar-refractivity contribution in [2.24, 2.45) is 11.8 Å². The minimum Gasteiger partial charge on any atom is -0.381 e. The number of ether oxygens (including phenoxy) is 1. The molecule has 0 saturated carbocycles. The van der Waals surface area contributed by atoms with E-state index in [0.717, 1.165) is 13.2 Å². The van der Waals surface area contributed by atoms with Gasteiger partial charge in [-0.1, -0.05) is 36.4 Å². The highest BCUT2D eigenvalue weighted by Gasteiger charge is 2.23. The Morgan fingerprint density at radius 3 is 2.50 bits per heavy atom. The molecule has 1 saturated heterocycles. The minimum atomic E-state index is 0.610. The number of rotatable bonds is 0. The minimum absolute atomic E-state index is 0.610. The second-order valence-corrected chi connectivity index (χ2v) is 4.15. The van der Waals surface area contributed by atoms with Gasteiger partial charge in [-0.05, 0) is 22.8 Å². The maximum absolute atomic E-state index is 5.50. The Hall–Kier alpha value is -1.08. The van der Waals surface area contributed by atoms with E-state index in [4.69, 9.17) is 4.74 Å². The SMILES string of the molecule is C1=c2ccccc2=CC2COCCC12. The van der Waals surface area contributed by atoms with Gasteiger partial charge in [-0.15, -0.1) is 0 Å². The van der Waals surface area contributed by atoms with Gasteiger partial charge in [0.1, 0.15) is 0 Å². The van der Waals surface area contributed by atoms with Crippen molar-refractivity contribution in [3.63, 3.8) is 0 Å². The summed E-state index contributed by atoms with van der Waals surface area (Å²) in [4.78, 5) is 0. The fourth-order valence-electron chi connectivity index (χ4n) is 2.43. The molecule has 0 bridgehead atoms. The monoisotopic (exact) mass is 186 g/mol. The van der Waals surface area contributed by atoms with E-state index in [1.807, 2.05) is 0 Å². The van der Waals surface area contributed by atoms with Crippen molar-refractivity contribution in [1.82, 2.24) is 0 Å². The standard InChI is InChI=1S/C13H14O/c1-2-4-11-8-13-9-14-6-5-12(13)7-10(11)3-1/h1-4,7-8,12-13H,5-6,9H2. The van der Waals surface area contributed by atoms with Crippen LogP contribution in [0.3, 0.4) is 0 Å². The molecule has 1 aliphatic carbocycles. The van der Waals surface area contributed by atoms with Crippen molar-refractivity contribution in [3.05, 3.63) is 34.7 Å². The highest BCUT2D eigenvalue weighted by atomic mass is 16.5. The van der Waals surface area contributed by atoms with E-state index >= 15 is 0 Å². The average molecular weight is 186 g/mol. The van der Waals surface area contributed by atoms with E-state index in [1.165, 1.54) is 16.9 Å². The molecule has 1 nitrogen and oxygen atoms in total. The smallest absolute Gasteiger partial charge is 0.0534 e. The van der Waals surface area contributed by atoms with Gasteiger partial charge in [0.15, 0.2) is 0 Å². The Morgan fingerprint density at radius 1 is 1.00 bits per heavy atom. The molecule has 1 heterocycles. The van der Waals surface area contributed by atoms with Crippen LogP contribution in [-0.4, -0.2) is 13.2 Å². The fraction of sp³-hybridized carbons (Fsp3) is 0.385. The van der Waals surface area contributed by atoms with Gasteiger partial charge in [-0.2, -0.15) is 0 Å². The molecule has 1 aromatic rings. The zero-order valence-corrected chi connectivity index (χ0v) is 8.15. The molecule has 2 unspecified atom stereocenters. The molecule has 3 rings (SSSR count). The van der Waals surface area contributed by atoms with E-state index in [-0.39, 0.29) is 0 Å². The van der Waals surface area contributed by atoms with Gasteiger partial charge in [-0.3, -0.25) is 0 Å². The predicted molar refractivity (Wildman–Crippen MR) is 57.0 cm³/mol. The molecule has 0 amide bonds. The maximum Gasteiger partial charge on any atom is 0.0534 e. The first-order valence-corrected chi connectivity index (χ1v) is 5.30. The van der Waals surface area contributed by atoms with Gasteiger partial charge in [0.25, 0.3) is 0 Å². The summed E-state index contributed by atoms with van der Waals surface area (Å²) in [5.74, 6) is 1.32. The van der Waals surface area contributed by atoms with E-state index < -0.39 is 0 Å². The lowest BCUT2D eigenvalue weighted by molar-refractivity contribution is 0.0578. The van der Waals surface area contributed by atoms with E-state index in [2.05, 4.69) is 36.4 Å². The Bertz CT molecular complexity index is 404. The summed E-state index contributed by atoms with van der Waals surface area (Å²) in [6.07, 6.45) is 5.97. The van der Waals surface area contributed by atoms with Gasteiger partial charge < -0.3 is 4.74 Å². The third-order valence-electron chi connectivity index (χ3n) is 3.24. The molecule has 1 heteroatoms. The van der Waals surface area contributed by atoms with Gasteiger partial charge in [0, 0.05) is 12.5 Å². The first-order valence-electron chi connectivity index (χ1n) is 5.30. The summed E-state index contributed by atoms with van der Waals surface area (Å²) < 4.78 is 5.50. The number of hydrogen-bond acceptors (Lipinski definition) is 1. The zero-order chi connectivity index (χ0) is 9.38. The van der Waals surface area contributed by atoms with Crippen LogP contribution in [0.1, 0.15) is 6.42 Å². The van der Waals surface area contributed by atoms with Gasteiger partial charge >= 0.3 is 0 Å². The molecule has 1 fully saturated rings. The molecule has 1 aliphatic heterocycles. The van der Waals surface area contributed by atoms with Crippen molar-refractivity contribution >= 4 is 12.2 Å². The zero-order valence-electron chi connectivity index (χ0n) is 8.15. The summed E-state index contributed by atoms with van der Waals surface area (Å²) >= 11 is 0. The van der Waals surface area contributed by atoms with Crippen molar-refractivity contribution in [2.75, 3.05) is 13.2 Å². The summed E-state index contributed by atoms with van der Waals surface area (Å²) in [5, 5.41) is 2.77. The molecule has 1 aromatic carbocycles. The topological polar surface area (TPSA) is 9.23 Å². The van der Waals surface area contributed by atoms with Crippen molar-refractivity contribution < 1.29 is 4.74 Å². The van der Waals surface area contributed by atoms with Crippen molar-refractivity contribution in [1.29, 1.82) is 0 Å². The molecular weight excluding hydrogens is 172 g/mol. The van der Waals surface area contributed by atoms with Crippen LogP contribution in [0.4, 0.5) is 0 Å². The second kappa shape index (κ2) is 3.25. The molecule has 72 valence electrons. The molecular formula is C13H14O. The third-order valence-corrected chi connectivity index (χ3v) is 3.24. The van der Waals surface area contributed by atoms with E-state index in [1.54, 1.807) is 0 Å². The van der Waals surface area contributed by atoms with Crippen LogP contribution < -0.4 is 10.4 Å². The van der Waals surface area contributed by atoms with Gasteiger partial charge in [0.2, 0.25) is 0 Å². The van der Waals surface area contributed by atoms with Gasteiger partial charge in [0.05, 0.1) is 6.61 Å². The van der Waals surface area contributed by atoms with Crippen LogP contribution in [0.2, 0.25) is 0 Å². The van der Waals surface area contributed by atoms with Crippen molar-refractivity contribution in [2.45, 2.75) is 6.42 Å². The molecule has 0 spiro atoms. The Morgan fingerprint density at radius 2 is 1.71 bits per heavy atom. The lowest BCUT2D eigenvalue weighted by Crippen LogP contribution is -2.36. The summed E-state index contributed by atoms with van der Waals surface area (Å²) in [6.45, 7) is 1.82. The first-order chi connectivity index (χ1) is 6.93. The van der Waals surface area contributed by atoms with Gasteiger partial charge in [-0.25, -0.2) is 0 Å². The number of fused-ring (bicyclic) bond motifs is 2. The maximum atomic E-state index is 5.50. The summed E-state index contributed by atoms with van der Waals surface area (Å²) in [7, 11) is 0. The molecule has 2 aliphatic rings. The second-order valence-electron chi connectivity index (χ2n) is 4.15.